The van der Waals surface area contributed by atoms with Crippen LogP contribution >= 0.6 is 11.6 Å². The molecule has 0 N–H and O–H groups in total. The predicted octanol–water partition coefficient (Wildman–Crippen LogP) is 3.23. The highest BCUT2D eigenvalue weighted by Gasteiger charge is 2.09. The van der Waals surface area contributed by atoms with Crippen molar-refractivity contribution < 1.29 is 13.5 Å². The Morgan fingerprint density at radius 2 is 2.31 bits per heavy atom. The summed E-state index contributed by atoms with van der Waals surface area (Å²) in [5.41, 5.74) is 1.29. The monoisotopic (exact) mass is 241 g/mol. The van der Waals surface area contributed by atoms with Gasteiger partial charge < -0.3 is 9.15 Å². The summed E-state index contributed by atoms with van der Waals surface area (Å²) >= 11 is 5.60. The number of hydrogen-bond acceptors (Lipinski definition) is 3. The van der Waals surface area contributed by atoms with Crippen LogP contribution in [-0.4, -0.2) is 12.1 Å². The zero-order valence-electron chi connectivity index (χ0n) is 8.54. The number of hydrogen-bond donors (Lipinski definition) is 0. The zero-order valence-corrected chi connectivity index (χ0v) is 9.29. The van der Waals surface area contributed by atoms with Crippen molar-refractivity contribution in [2.24, 2.45) is 0 Å². The van der Waals surface area contributed by atoms with Gasteiger partial charge in [-0.3, -0.25) is 0 Å². The summed E-state index contributed by atoms with van der Waals surface area (Å²) in [6.07, 6.45) is 1.47. The molecule has 5 heteroatoms. The number of nitrogens with zero attached hydrogens (tertiary/aromatic N) is 1. The minimum absolute atomic E-state index is 0.156. The van der Waals surface area contributed by atoms with Crippen molar-refractivity contribution in [3.05, 3.63) is 36.0 Å². The Balaban J connectivity index is 2.40. The number of methoxy groups -OCH3 is 1. The summed E-state index contributed by atoms with van der Waals surface area (Å²) in [5, 5.41) is 0. The van der Waals surface area contributed by atoms with Crippen LogP contribution in [0.15, 0.2) is 28.9 Å². The van der Waals surface area contributed by atoms with Gasteiger partial charge in [0.25, 0.3) is 0 Å². The number of aromatic nitrogens is 1. The quantitative estimate of drug-likeness (QED) is 0.774. The van der Waals surface area contributed by atoms with E-state index in [0.717, 1.165) is 0 Å². The van der Waals surface area contributed by atoms with Gasteiger partial charge in [0.2, 0.25) is 5.89 Å². The Morgan fingerprint density at radius 1 is 1.50 bits per heavy atom. The molecule has 0 bridgehead atoms. The minimum Gasteiger partial charge on any atom is -0.494 e. The standard InChI is InChI=1S/C11H9ClFNO2/c1-15-10-4-7(2-3-9(10)13)11-14-8(5-12)6-16-11/h2-4,6H,5H2,1H3. The molecule has 2 rings (SSSR count). The Hall–Kier alpha value is -1.55. The first-order valence-corrected chi connectivity index (χ1v) is 5.12. The van der Waals surface area contributed by atoms with Gasteiger partial charge in [-0.2, -0.15) is 0 Å². The van der Waals surface area contributed by atoms with Gasteiger partial charge in [-0.1, -0.05) is 0 Å². The lowest BCUT2D eigenvalue weighted by Crippen LogP contribution is -1.89. The summed E-state index contributed by atoms with van der Waals surface area (Å²) in [6.45, 7) is 0. The highest BCUT2D eigenvalue weighted by atomic mass is 35.5. The molecule has 0 unspecified atom stereocenters. The summed E-state index contributed by atoms with van der Waals surface area (Å²) in [7, 11) is 1.40. The number of alkyl halides is 1. The van der Waals surface area contributed by atoms with E-state index < -0.39 is 5.82 Å². The van der Waals surface area contributed by atoms with E-state index in [1.807, 2.05) is 0 Å². The highest BCUT2D eigenvalue weighted by molar-refractivity contribution is 6.16. The van der Waals surface area contributed by atoms with Crippen LogP contribution < -0.4 is 4.74 Å². The lowest BCUT2D eigenvalue weighted by atomic mass is 10.2. The molecular weight excluding hydrogens is 233 g/mol. The first kappa shape index (κ1) is 11.0. The molecule has 1 aromatic carbocycles. The van der Waals surface area contributed by atoms with Crippen LogP contribution in [-0.2, 0) is 5.88 Å². The number of rotatable bonds is 3. The highest BCUT2D eigenvalue weighted by Crippen LogP contribution is 2.25. The first-order valence-electron chi connectivity index (χ1n) is 4.59. The average Bonchev–Trinajstić information content (AvgIpc) is 2.78. The molecule has 2 aromatic rings. The molecule has 0 aliphatic heterocycles. The largest absolute Gasteiger partial charge is 0.494 e. The van der Waals surface area contributed by atoms with Crippen molar-refractivity contribution >= 4 is 11.6 Å². The summed E-state index contributed by atoms with van der Waals surface area (Å²) in [4.78, 5) is 4.13. The van der Waals surface area contributed by atoms with Crippen molar-refractivity contribution in [3.8, 4) is 17.2 Å². The van der Waals surface area contributed by atoms with Crippen molar-refractivity contribution in [3.63, 3.8) is 0 Å². The normalized spacial score (nSPS) is 10.4. The molecule has 16 heavy (non-hydrogen) atoms. The molecule has 0 atom stereocenters. The second-order valence-electron chi connectivity index (χ2n) is 3.13. The van der Waals surface area contributed by atoms with E-state index in [9.17, 15) is 4.39 Å². The zero-order chi connectivity index (χ0) is 11.5. The third-order valence-corrected chi connectivity index (χ3v) is 2.36. The molecule has 0 aliphatic carbocycles. The molecule has 0 radical (unpaired) electrons. The van der Waals surface area contributed by atoms with Crippen LogP contribution in [0, 0.1) is 5.82 Å². The molecule has 1 aromatic heterocycles. The lowest BCUT2D eigenvalue weighted by Gasteiger charge is -2.02. The topological polar surface area (TPSA) is 35.3 Å². The molecule has 0 amide bonds. The van der Waals surface area contributed by atoms with Gasteiger partial charge in [0.05, 0.1) is 18.7 Å². The predicted molar refractivity (Wildman–Crippen MR) is 58.0 cm³/mol. The fourth-order valence-electron chi connectivity index (χ4n) is 1.29. The maximum absolute atomic E-state index is 13.2. The summed E-state index contributed by atoms with van der Waals surface area (Å²) < 4.78 is 23.2. The third-order valence-electron chi connectivity index (χ3n) is 2.09. The molecule has 0 fully saturated rings. The van der Waals surface area contributed by atoms with Crippen LogP contribution in [0.4, 0.5) is 4.39 Å². The molecule has 0 spiro atoms. The van der Waals surface area contributed by atoms with E-state index in [-0.39, 0.29) is 11.6 Å². The molecular formula is C11H9ClFNO2. The second kappa shape index (κ2) is 4.53. The van der Waals surface area contributed by atoms with Crippen LogP contribution in [0.3, 0.4) is 0 Å². The van der Waals surface area contributed by atoms with Crippen molar-refractivity contribution in [1.29, 1.82) is 0 Å². The fourth-order valence-corrected chi connectivity index (χ4v) is 1.42. The summed E-state index contributed by atoms with van der Waals surface area (Å²) in [5.74, 6) is 0.411. The van der Waals surface area contributed by atoms with Crippen molar-refractivity contribution in [1.82, 2.24) is 4.98 Å². The van der Waals surface area contributed by atoms with E-state index in [1.165, 1.54) is 25.5 Å². The Bertz CT molecular complexity index is 498. The van der Waals surface area contributed by atoms with Gasteiger partial charge in [-0.15, -0.1) is 11.6 Å². The lowest BCUT2D eigenvalue weighted by molar-refractivity contribution is 0.386. The maximum atomic E-state index is 13.2. The van der Waals surface area contributed by atoms with E-state index in [1.54, 1.807) is 6.07 Å². The van der Waals surface area contributed by atoms with Gasteiger partial charge in [-0.25, -0.2) is 9.37 Å². The van der Waals surface area contributed by atoms with Crippen molar-refractivity contribution in [2.45, 2.75) is 5.88 Å². The van der Waals surface area contributed by atoms with E-state index in [2.05, 4.69) is 4.98 Å². The summed E-state index contributed by atoms with van der Waals surface area (Å²) in [6, 6.07) is 4.40. The van der Waals surface area contributed by atoms with Crippen LogP contribution in [0.1, 0.15) is 5.69 Å². The third kappa shape index (κ3) is 2.02. The van der Waals surface area contributed by atoms with Gasteiger partial charge in [0.15, 0.2) is 11.6 Å². The SMILES string of the molecule is COc1cc(-c2nc(CCl)co2)ccc1F. The molecule has 0 saturated heterocycles. The van der Waals surface area contributed by atoms with Gasteiger partial charge in [0, 0.05) is 5.56 Å². The Kier molecular flexibility index (Phi) is 3.10. The van der Waals surface area contributed by atoms with E-state index in [4.69, 9.17) is 20.8 Å². The maximum Gasteiger partial charge on any atom is 0.226 e. The molecule has 0 saturated carbocycles. The molecule has 0 aliphatic rings. The van der Waals surface area contributed by atoms with Gasteiger partial charge in [-0.05, 0) is 18.2 Å². The number of ether oxygens (including phenoxy) is 1. The smallest absolute Gasteiger partial charge is 0.226 e. The molecule has 3 nitrogen and oxygen atoms in total. The average molecular weight is 242 g/mol. The second-order valence-corrected chi connectivity index (χ2v) is 3.39. The van der Waals surface area contributed by atoms with Crippen LogP contribution in [0.2, 0.25) is 0 Å². The van der Waals surface area contributed by atoms with Gasteiger partial charge in [0.1, 0.15) is 6.26 Å². The van der Waals surface area contributed by atoms with Crippen LogP contribution in [0.25, 0.3) is 11.5 Å². The molecule has 1 heterocycles. The number of halogens is 2. The fraction of sp³-hybridized carbons (Fsp3) is 0.182. The van der Waals surface area contributed by atoms with E-state index in [0.29, 0.717) is 17.1 Å². The minimum atomic E-state index is -0.421. The Morgan fingerprint density at radius 3 is 2.94 bits per heavy atom. The van der Waals surface area contributed by atoms with Crippen molar-refractivity contribution in [2.75, 3.05) is 7.11 Å². The number of oxazole rings is 1. The Labute approximate surface area is 96.8 Å². The molecule has 84 valence electrons. The first-order chi connectivity index (χ1) is 7.74. The number of benzene rings is 1. The van der Waals surface area contributed by atoms with Crippen LogP contribution in [0.5, 0.6) is 5.75 Å². The van der Waals surface area contributed by atoms with Gasteiger partial charge >= 0.3 is 0 Å². The van der Waals surface area contributed by atoms with E-state index >= 15 is 0 Å².